The number of carbonyl (C=O) groups is 1. The van der Waals surface area contributed by atoms with Gasteiger partial charge in [-0.1, -0.05) is 35.4 Å². The molecule has 0 saturated heterocycles. The largest absolute Gasteiger partial charge is 0.444 e. The van der Waals surface area contributed by atoms with Crippen LogP contribution in [-0.4, -0.2) is 24.3 Å². The van der Waals surface area contributed by atoms with Gasteiger partial charge in [-0.15, -0.1) is 0 Å². The number of nitrogens with zero attached hydrogens (tertiary/aromatic N) is 3. The summed E-state index contributed by atoms with van der Waals surface area (Å²) in [5.74, 6) is 0. The Bertz CT molecular complexity index is 490. The quantitative estimate of drug-likeness (QED) is 0.490. The van der Waals surface area contributed by atoms with E-state index in [4.69, 9.17) is 10.3 Å². The van der Waals surface area contributed by atoms with Gasteiger partial charge < -0.3 is 10.1 Å². The molecule has 1 aromatic rings. The molecule has 0 spiro atoms. The Morgan fingerprint density at radius 3 is 2.62 bits per heavy atom. The molecule has 114 valence electrons. The second-order valence-corrected chi connectivity index (χ2v) is 5.78. The van der Waals surface area contributed by atoms with E-state index in [1.807, 2.05) is 51.1 Å². The molecule has 0 saturated carbocycles. The highest BCUT2D eigenvalue weighted by Crippen LogP contribution is 2.10. The molecule has 0 fully saturated rings. The normalized spacial score (nSPS) is 12.1. The number of nitrogens with one attached hydrogen (secondary N) is 1. The second-order valence-electron chi connectivity index (χ2n) is 5.78. The maximum Gasteiger partial charge on any atom is 0.407 e. The van der Waals surface area contributed by atoms with Crippen molar-refractivity contribution < 1.29 is 9.53 Å². The number of benzene rings is 1. The van der Waals surface area contributed by atoms with Crippen LogP contribution < -0.4 is 5.32 Å². The van der Waals surface area contributed by atoms with Crippen LogP contribution in [0.1, 0.15) is 32.8 Å². The predicted molar refractivity (Wildman–Crippen MR) is 81.9 cm³/mol. The lowest BCUT2D eigenvalue weighted by atomic mass is 10.0. The summed E-state index contributed by atoms with van der Waals surface area (Å²) in [6.45, 7) is 5.79. The fraction of sp³-hybridized carbons (Fsp3) is 0.533. The van der Waals surface area contributed by atoms with E-state index < -0.39 is 11.7 Å². The maximum atomic E-state index is 11.9. The number of ether oxygens (including phenoxy) is 1. The van der Waals surface area contributed by atoms with Crippen LogP contribution in [0.5, 0.6) is 0 Å². The number of azide groups is 1. The molecule has 0 unspecified atom stereocenters. The SMILES string of the molecule is CC(C)(C)OC(=O)N[C@@H](CCN=[N+]=[N-])Cc1ccccc1. The zero-order valence-electron chi connectivity index (χ0n) is 12.7. The lowest BCUT2D eigenvalue weighted by Crippen LogP contribution is -2.40. The average Bonchev–Trinajstić information content (AvgIpc) is 2.37. The van der Waals surface area contributed by atoms with Gasteiger partial charge in [0, 0.05) is 17.5 Å². The molecule has 1 atom stereocenters. The number of rotatable bonds is 6. The van der Waals surface area contributed by atoms with Crippen molar-refractivity contribution in [3.8, 4) is 0 Å². The highest BCUT2D eigenvalue weighted by molar-refractivity contribution is 5.68. The molecule has 0 aliphatic rings. The average molecular weight is 290 g/mol. The number of hydrogen-bond donors (Lipinski definition) is 1. The van der Waals surface area contributed by atoms with E-state index in [1.54, 1.807) is 0 Å². The summed E-state index contributed by atoms with van der Waals surface area (Å²) >= 11 is 0. The molecule has 0 aliphatic heterocycles. The summed E-state index contributed by atoms with van der Waals surface area (Å²) in [4.78, 5) is 14.6. The Hall–Kier alpha value is -2.20. The summed E-state index contributed by atoms with van der Waals surface area (Å²) in [5.41, 5.74) is 8.93. The van der Waals surface area contributed by atoms with Crippen molar-refractivity contribution in [3.05, 3.63) is 46.3 Å². The zero-order valence-corrected chi connectivity index (χ0v) is 12.7. The smallest absolute Gasteiger partial charge is 0.407 e. The Kier molecular flexibility index (Phi) is 6.56. The van der Waals surface area contributed by atoms with Gasteiger partial charge in [0.05, 0.1) is 0 Å². The lowest BCUT2D eigenvalue weighted by molar-refractivity contribution is 0.0502. The van der Waals surface area contributed by atoms with Crippen molar-refractivity contribution in [2.75, 3.05) is 6.54 Å². The minimum atomic E-state index is -0.536. The van der Waals surface area contributed by atoms with Gasteiger partial charge in [0.2, 0.25) is 0 Å². The lowest BCUT2D eigenvalue weighted by Gasteiger charge is -2.23. The van der Waals surface area contributed by atoms with Crippen LogP contribution >= 0.6 is 0 Å². The fourth-order valence-electron chi connectivity index (χ4n) is 1.86. The van der Waals surface area contributed by atoms with Gasteiger partial charge in [-0.05, 0) is 44.7 Å². The molecule has 1 aromatic carbocycles. The number of alkyl carbamates (subject to hydrolysis) is 1. The third kappa shape index (κ3) is 7.84. The fourth-order valence-corrected chi connectivity index (χ4v) is 1.86. The topological polar surface area (TPSA) is 87.1 Å². The molecule has 0 aliphatic carbocycles. The van der Waals surface area contributed by atoms with Crippen molar-refractivity contribution in [2.24, 2.45) is 5.11 Å². The van der Waals surface area contributed by atoms with Crippen molar-refractivity contribution in [1.29, 1.82) is 0 Å². The summed E-state index contributed by atoms with van der Waals surface area (Å²) in [7, 11) is 0. The maximum absolute atomic E-state index is 11.9. The van der Waals surface area contributed by atoms with Crippen molar-refractivity contribution >= 4 is 6.09 Å². The van der Waals surface area contributed by atoms with Crippen LogP contribution in [0.4, 0.5) is 4.79 Å². The van der Waals surface area contributed by atoms with Gasteiger partial charge in [0.1, 0.15) is 5.60 Å². The number of hydrogen-bond acceptors (Lipinski definition) is 3. The van der Waals surface area contributed by atoms with Crippen LogP contribution in [-0.2, 0) is 11.2 Å². The third-order valence-electron chi connectivity index (χ3n) is 2.69. The first-order valence-corrected chi connectivity index (χ1v) is 6.95. The van der Waals surface area contributed by atoms with Crippen LogP contribution in [0.3, 0.4) is 0 Å². The van der Waals surface area contributed by atoms with E-state index in [2.05, 4.69) is 15.3 Å². The molecule has 0 heterocycles. The molecule has 6 heteroatoms. The summed E-state index contributed by atoms with van der Waals surface area (Å²) in [5, 5.41) is 6.36. The Balaban J connectivity index is 2.63. The highest BCUT2D eigenvalue weighted by Gasteiger charge is 2.19. The molecular formula is C15H22N4O2. The van der Waals surface area contributed by atoms with Gasteiger partial charge in [-0.2, -0.15) is 0 Å². The molecule has 1 N–H and O–H groups in total. The molecule has 0 aromatic heterocycles. The third-order valence-corrected chi connectivity index (χ3v) is 2.69. The standard InChI is InChI=1S/C15H22N4O2/c1-15(2,3)21-14(20)18-13(9-10-17-19-16)11-12-7-5-4-6-8-12/h4-8,13H,9-11H2,1-3H3,(H,18,20)/t13-/m0/s1. The second kappa shape index (κ2) is 8.17. The Morgan fingerprint density at radius 1 is 1.38 bits per heavy atom. The highest BCUT2D eigenvalue weighted by atomic mass is 16.6. The van der Waals surface area contributed by atoms with Gasteiger partial charge in [0.15, 0.2) is 0 Å². The first kappa shape index (κ1) is 16.9. The van der Waals surface area contributed by atoms with Crippen LogP contribution in [0.15, 0.2) is 35.4 Å². The van der Waals surface area contributed by atoms with Crippen molar-refractivity contribution in [2.45, 2.75) is 45.3 Å². The summed E-state index contributed by atoms with van der Waals surface area (Å²) in [6.07, 6.45) is 0.781. The van der Waals surface area contributed by atoms with Crippen LogP contribution in [0.2, 0.25) is 0 Å². The molecule has 1 rings (SSSR count). The van der Waals surface area contributed by atoms with Crippen LogP contribution in [0, 0.1) is 0 Å². The van der Waals surface area contributed by atoms with Crippen molar-refractivity contribution in [1.82, 2.24) is 5.32 Å². The molecular weight excluding hydrogens is 268 g/mol. The van der Waals surface area contributed by atoms with E-state index >= 15 is 0 Å². The van der Waals surface area contributed by atoms with Gasteiger partial charge in [-0.25, -0.2) is 4.79 Å². The number of carbonyl (C=O) groups excluding carboxylic acids is 1. The molecule has 21 heavy (non-hydrogen) atoms. The minimum absolute atomic E-state index is 0.132. The minimum Gasteiger partial charge on any atom is -0.444 e. The van der Waals surface area contributed by atoms with E-state index in [0.29, 0.717) is 19.4 Å². The summed E-state index contributed by atoms with van der Waals surface area (Å²) in [6, 6.07) is 9.71. The number of amides is 1. The zero-order chi connectivity index (χ0) is 15.7. The van der Waals surface area contributed by atoms with E-state index in [1.165, 1.54) is 0 Å². The van der Waals surface area contributed by atoms with E-state index in [0.717, 1.165) is 5.56 Å². The van der Waals surface area contributed by atoms with Gasteiger partial charge >= 0.3 is 6.09 Å². The molecule has 1 amide bonds. The first-order chi connectivity index (χ1) is 9.90. The first-order valence-electron chi connectivity index (χ1n) is 6.95. The molecule has 0 radical (unpaired) electrons. The van der Waals surface area contributed by atoms with Gasteiger partial charge in [0.25, 0.3) is 0 Å². The molecule has 0 bridgehead atoms. The van der Waals surface area contributed by atoms with Gasteiger partial charge in [-0.3, -0.25) is 0 Å². The monoisotopic (exact) mass is 290 g/mol. The van der Waals surface area contributed by atoms with E-state index in [9.17, 15) is 4.79 Å². The molecule has 6 nitrogen and oxygen atoms in total. The summed E-state index contributed by atoms with van der Waals surface area (Å²) < 4.78 is 5.26. The predicted octanol–water partition coefficient (Wildman–Crippen LogP) is 3.82. The van der Waals surface area contributed by atoms with E-state index in [-0.39, 0.29) is 6.04 Å². The Morgan fingerprint density at radius 2 is 2.05 bits per heavy atom. The van der Waals surface area contributed by atoms with Crippen molar-refractivity contribution in [3.63, 3.8) is 0 Å². The Labute approximate surface area is 125 Å². The van der Waals surface area contributed by atoms with Crippen LogP contribution in [0.25, 0.3) is 10.4 Å².